The first-order chi connectivity index (χ1) is 9.13. The van der Waals surface area contributed by atoms with Crippen molar-refractivity contribution in [3.05, 3.63) is 22.3 Å². The Labute approximate surface area is 123 Å². The summed E-state index contributed by atoms with van der Waals surface area (Å²) in [6, 6.07) is 1.98. The predicted molar refractivity (Wildman–Crippen MR) is 74.9 cm³/mol. The minimum atomic E-state index is 0.0115. The average Bonchev–Trinajstić information content (AvgIpc) is 3.05. The van der Waals surface area contributed by atoms with Crippen LogP contribution in [0.4, 0.5) is 0 Å². The van der Waals surface area contributed by atoms with E-state index in [-0.39, 0.29) is 5.91 Å². The molecule has 1 N–H and O–H groups in total. The molecule has 0 radical (unpaired) electrons. The Morgan fingerprint density at radius 2 is 2.26 bits per heavy atom. The van der Waals surface area contributed by atoms with Crippen molar-refractivity contribution < 1.29 is 4.79 Å². The summed E-state index contributed by atoms with van der Waals surface area (Å²) in [6.45, 7) is 0. The molecule has 8 heteroatoms. The zero-order valence-electron chi connectivity index (χ0n) is 9.77. The molecule has 0 saturated heterocycles. The van der Waals surface area contributed by atoms with Gasteiger partial charge in [-0.05, 0) is 18.9 Å². The lowest BCUT2D eigenvalue weighted by molar-refractivity contribution is -0.118. The SMILES string of the molecule is O=C(CSc1nnc2c(Cl)cc(Cl)cn12)NC1CC1. The molecule has 2 aromatic rings. The smallest absolute Gasteiger partial charge is 0.230 e. The van der Waals surface area contributed by atoms with E-state index >= 15 is 0 Å². The van der Waals surface area contributed by atoms with Crippen LogP contribution in [-0.2, 0) is 4.79 Å². The second kappa shape index (κ2) is 5.19. The number of rotatable bonds is 4. The van der Waals surface area contributed by atoms with Crippen molar-refractivity contribution in [1.29, 1.82) is 0 Å². The van der Waals surface area contributed by atoms with Gasteiger partial charge in [0.05, 0.1) is 15.8 Å². The van der Waals surface area contributed by atoms with Gasteiger partial charge in [0.25, 0.3) is 0 Å². The minimum Gasteiger partial charge on any atom is -0.353 e. The van der Waals surface area contributed by atoms with Gasteiger partial charge in [-0.1, -0.05) is 35.0 Å². The van der Waals surface area contributed by atoms with E-state index in [1.54, 1.807) is 16.7 Å². The molecule has 5 nitrogen and oxygen atoms in total. The van der Waals surface area contributed by atoms with E-state index in [0.717, 1.165) is 12.8 Å². The van der Waals surface area contributed by atoms with Crippen LogP contribution in [0.25, 0.3) is 5.65 Å². The van der Waals surface area contributed by atoms with Crippen molar-refractivity contribution in [3.8, 4) is 0 Å². The number of nitrogens with one attached hydrogen (secondary N) is 1. The summed E-state index contributed by atoms with van der Waals surface area (Å²) in [6.07, 6.45) is 3.84. The van der Waals surface area contributed by atoms with E-state index in [0.29, 0.717) is 32.6 Å². The van der Waals surface area contributed by atoms with Gasteiger partial charge in [0, 0.05) is 12.2 Å². The minimum absolute atomic E-state index is 0.0115. The van der Waals surface area contributed by atoms with Crippen LogP contribution < -0.4 is 5.32 Å². The molecule has 1 aliphatic carbocycles. The lowest BCUT2D eigenvalue weighted by atomic mass is 10.5. The van der Waals surface area contributed by atoms with E-state index in [4.69, 9.17) is 23.2 Å². The van der Waals surface area contributed by atoms with Crippen LogP contribution in [0, 0.1) is 0 Å². The molecule has 0 spiro atoms. The quantitative estimate of drug-likeness (QED) is 0.880. The molecule has 0 aromatic carbocycles. The Morgan fingerprint density at radius 1 is 1.47 bits per heavy atom. The molecule has 1 saturated carbocycles. The molecule has 0 unspecified atom stereocenters. The molecule has 3 rings (SSSR count). The maximum absolute atomic E-state index is 11.6. The van der Waals surface area contributed by atoms with Gasteiger partial charge in [-0.3, -0.25) is 9.20 Å². The summed E-state index contributed by atoms with van der Waals surface area (Å²) < 4.78 is 1.69. The highest BCUT2D eigenvalue weighted by Gasteiger charge is 2.23. The first-order valence-corrected chi connectivity index (χ1v) is 7.49. The highest BCUT2D eigenvalue weighted by Crippen LogP contribution is 2.25. The number of aromatic nitrogens is 3. The number of hydrogen-bond acceptors (Lipinski definition) is 4. The van der Waals surface area contributed by atoms with Gasteiger partial charge < -0.3 is 5.32 Å². The zero-order valence-corrected chi connectivity index (χ0v) is 12.1. The Balaban J connectivity index is 1.75. The predicted octanol–water partition coefficient (Wildman–Crippen LogP) is 2.41. The summed E-state index contributed by atoms with van der Waals surface area (Å²) in [5, 5.41) is 12.5. The summed E-state index contributed by atoms with van der Waals surface area (Å²) in [4.78, 5) is 11.6. The molecule has 0 bridgehead atoms. The number of fused-ring (bicyclic) bond motifs is 1. The Morgan fingerprint density at radius 3 is 3.00 bits per heavy atom. The number of thioether (sulfide) groups is 1. The number of carbonyl (C=O) groups is 1. The van der Waals surface area contributed by atoms with Crippen LogP contribution in [-0.4, -0.2) is 32.3 Å². The van der Waals surface area contributed by atoms with Crippen molar-refractivity contribution in [3.63, 3.8) is 0 Å². The van der Waals surface area contributed by atoms with E-state index in [9.17, 15) is 4.79 Å². The number of amides is 1. The first kappa shape index (κ1) is 13.0. The molecule has 0 aliphatic heterocycles. The number of nitrogens with zero attached hydrogens (tertiary/aromatic N) is 3. The molecule has 19 heavy (non-hydrogen) atoms. The zero-order chi connectivity index (χ0) is 13.4. The van der Waals surface area contributed by atoms with Gasteiger partial charge in [0.15, 0.2) is 10.8 Å². The van der Waals surface area contributed by atoms with Crippen LogP contribution in [0.2, 0.25) is 10.0 Å². The molecule has 100 valence electrons. The normalized spacial score (nSPS) is 14.8. The lowest BCUT2D eigenvalue weighted by Crippen LogP contribution is -2.27. The molecular weight excluding hydrogens is 307 g/mol. The van der Waals surface area contributed by atoms with Crippen LogP contribution in [0.1, 0.15) is 12.8 Å². The standard InChI is InChI=1S/C11H10Cl2N4OS/c12-6-3-8(13)10-15-16-11(17(10)4-6)19-5-9(18)14-7-1-2-7/h3-4,7H,1-2,5H2,(H,14,18). The number of halogens is 2. The Bertz CT molecular complexity index is 641. The Kier molecular flexibility index (Phi) is 3.56. The monoisotopic (exact) mass is 316 g/mol. The lowest BCUT2D eigenvalue weighted by Gasteiger charge is -2.03. The second-order valence-electron chi connectivity index (χ2n) is 4.31. The van der Waals surface area contributed by atoms with Crippen molar-refractivity contribution in [2.75, 3.05) is 5.75 Å². The van der Waals surface area contributed by atoms with Gasteiger partial charge in [0.2, 0.25) is 5.91 Å². The average molecular weight is 317 g/mol. The fourth-order valence-electron chi connectivity index (χ4n) is 1.63. The molecule has 2 aromatic heterocycles. The highest BCUT2D eigenvalue weighted by atomic mass is 35.5. The van der Waals surface area contributed by atoms with E-state index < -0.39 is 0 Å². The van der Waals surface area contributed by atoms with E-state index in [2.05, 4.69) is 15.5 Å². The number of pyridine rings is 1. The highest BCUT2D eigenvalue weighted by molar-refractivity contribution is 7.99. The van der Waals surface area contributed by atoms with Crippen LogP contribution >= 0.6 is 35.0 Å². The van der Waals surface area contributed by atoms with E-state index in [1.165, 1.54) is 11.8 Å². The summed E-state index contributed by atoms with van der Waals surface area (Å²) >= 11 is 13.3. The largest absolute Gasteiger partial charge is 0.353 e. The molecule has 1 aliphatic rings. The van der Waals surface area contributed by atoms with Gasteiger partial charge >= 0.3 is 0 Å². The topological polar surface area (TPSA) is 59.3 Å². The van der Waals surface area contributed by atoms with Crippen molar-refractivity contribution in [1.82, 2.24) is 19.9 Å². The molecular formula is C11H10Cl2N4OS. The number of carbonyl (C=O) groups excluding carboxylic acids is 1. The molecule has 1 fully saturated rings. The van der Waals surface area contributed by atoms with Crippen LogP contribution in [0.5, 0.6) is 0 Å². The third kappa shape index (κ3) is 2.96. The Hall–Kier alpha value is -0.980. The van der Waals surface area contributed by atoms with Gasteiger partial charge in [-0.25, -0.2) is 0 Å². The van der Waals surface area contributed by atoms with Crippen LogP contribution in [0.3, 0.4) is 0 Å². The fraction of sp³-hybridized carbons (Fsp3) is 0.364. The first-order valence-electron chi connectivity index (χ1n) is 5.75. The fourth-order valence-corrected chi connectivity index (χ4v) is 2.86. The third-order valence-electron chi connectivity index (χ3n) is 2.67. The van der Waals surface area contributed by atoms with Gasteiger partial charge in [-0.2, -0.15) is 0 Å². The maximum atomic E-state index is 11.6. The summed E-state index contributed by atoms with van der Waals surface area (Å²) in [5.41, 5.74) is 0.538. The molecule has 1 amide bonds. The van der Waals surface area contributed by atoms with E-state index in [1.807, 2.05) is 0 Å². The third-order valence-corrected chi connectivity index (χ3v) is 4.10. The maximum Gasteiger partial charge on any atom is 0.230 e. The summed E-state index contributed by atoms with van der Waals surface area (Å²) in [5.74, 6) is 0.318. The van der Waals surface area contributed by atoms with Crippen molar-refractivity contribution in [2.45, 2.75) is 24.0 Å². The molecule has 2 heterocycles. The van der Waals surface area contributed by atoms with Gasteiger partial charge in [0.1, 0.15) is 0 Å². The van der Waals surface area contributed by atoms with Crippen molar-refractivity contribution in [2.24, 2.45) is 0 Å². The van der Waals surface area contributed by atoms with Crippen LogP contribution in [0.15, 0.2) is 17.4 Å². The summed E-state index contributed by atoms with van der Waals surface area (Å²) in [7, 11) is 0. The van der Waals surface area contributed by atoms with Crippen molar-refractivity contribution >= 4 is 46.5 Å². The second-order valence-corrected chi connectivity index (χ2v) is 6.10. The van der Waals surface area contributed by atoms with Gasteiger partial charge in [-0.15, -0.1) is 10.2 Å². The molecule has 0 atom stereocenters. The number of hydrogen-bond donors (Lipinski definition) is 1.